The monoisotopic (exact) mass is 294 g/mol. The van der Waals surface area contributed by atoms with Gasteiger partial charge in [0.2, 0.25) is 0 Å². The highest BCUT2D eigenvalue weighted by molar-refractivity contribution is 5.99. The Morgan fingerprint density at radius 2 is 2.19 bits per heavy atom. The standard InChI is InChI=1S/C15H26N4O2/c1-4-6-17-14-5-7-16-12-13(14)15(20)18-8-9-19(2)10-11-21-3/h5,7,12H,4,6,8-11H2,1-3H3,(H,16,17)(H,18,20). The lowest BCUT2D eigenvalue weighted by Crippen LogP contribution is -2.34. The first kappa shape index (κ1) is 17.4. The van der Waals surface area contributed by atoms with E-state index in [-0.39, 0.29) is 5.91 Å². The molecule has 1 amide bonds. The Hall–Kier alpha value is -1.66. The molecule has 0 spiro atoms. The zero-order chi connectivity index (χ0) is 15.5. The second kappa shape index (κ2) is 10.1. The van der Waals surface area contributed by atoms with Crippen LogP contribution < -0.4 is 10.6 Å². The molecular formula is C15H26N4O2. The minimum atomic E-state index is -0.0955. The molecule has 0 atom stereocenters. The Labute approximate surface area is 126 Å². The Morgan fingerprint density at radius 1 is 1.38 bits per heavy atom. The predicted octanol–water partition coefficient (Wildman–Crippen LogP) is 1.21. The SMILES string of the molecule is CCCNc1ccncc1C(=O)NCCN(C)CCOC. The van der Waals surface area contributed by atoms with E-state index in [1.807, 2.05) is 13.1 Å². The maximum absolute atomic E-state index is 12.2. The molecule has 0 saturated carbocycles. The van der Waals surface area contributed by atoms with Crippen molar-refractivity contribution in [2.75, 3.05) is 52.3 Å². The number of rotatable bonds is 10. The van der Waals surface area contributed by atoms with Gasteiger partial charge in [0, 0.05) is 45.7 Å². The van der Waals surface area contributed by atoms with Gasteiger partial charge in [-0.05, 0) is 19.5 Å². The van der Waals surface area contributed by atoms with Crippen molar-refractivity contribution >= 4 is 11.6 Å². The van der Waals surface area contributed by atoms with Gasteiger partial charge in [-0.2, -0.15) is 0 Å². The van der Waals surface area contributed by atoms with Crippen molar-refractivity contribution in [3.8, 4) is 0 Å². The van der Waals surface area contributed by atoms with E-state index in [1.165, 1.54) is 0 Å². The number of nitrogens with one attached hydrogen (secondary N) is 2. The lowest BCUT2D eigenvalue weighted by molar-refractivity contribution is 0.0948. The largest absolute Gasteiger partial charge is 0.384 e. The van der Waals surface area contributed by atoms with Crippen LogP contribution in [-0.2, 0) is 4.74 Å². The van der Waals surface area contributed by atoms with Crippen LogP contribution in [0.2, 0.25) is 0 Å². The first-order valence-corrected chi connectivity index (χ1v) is 7.32. The summed E-state index contributed by atoms with van der Waals surface area (Å²) in [5, 5.41) is 6.16. The molecule has 0 fully saturated rings. The van der Waals surface area contributed by atoms with Crippen molar-refractivity contribution in [1.82, 2.24) is 15.2 Å². The second-order valence-corrected chi connectivity index (χ2v) is 4.90. The lowest BCUT2D eigenvalue weighted by Gasteiger charge is -2.16. The normalized spacial score (nSPS) is 10.7. The summed E-state index contributed by atoms with van der Waals surface area (Å²) in [4.78, 5) is 18.3. The first-order valence-electron chi connectivity index (χ1n) is 7.32. The summed E-state index contributed by atoms with van der Waals surface area (Å²) in [5.74, 6) is -0.0955. The third-order valence-electron chi connectivity index (χ3n) is 3.09. The van der Waals surface area contributed by atoms with Crippen molar-refractivity contribution in [3.05, 3.63) is 24.0 Å². The van der Waals surface area contributed by atoms with E-state index in [0.717, 1.165) is 31.7 Å². The summed E-state index contributed by atoms with van der Waals surface area (Å²) in [6, 6.07) is 1.83. The maximum Gasteiger partial charge on any atom is 0.254 e. The Balaban J connectivity index is 2.44. The van der Waals surface area contributed by atoms with Crippen LogP contribution in [0.1, 0.15) is 23.7 Å². The van der Waals surface area contributed by atoms with Crippen LogP contribution in [0.4, 0.5) is 5.69 Å². The van der Waals surface area contributed by atoms with Gasteiger partial charge in [0.25, 0.3) is 5.91 Å². The van der Waals surface area contributed by atoms with Gasteiger partial charge in [-0.25, -0.2) is 0 Å². The van der Waals surface area contributed by atoms with Gasteiger partial charge in [0.1, 0.15) is 0 Å². The fourth-order valence-corrected chi connectivity index (χ4v) is 1.80. The number of amides is 1. The first-order chi connectivity index (χ1) is 10.2. The van der Waals surface area contributed by atoms with Crippen LogP contribution in [0.15, 0.2) is 18.5 Å². The van der Waals surface area contributed by atoms with Gasteiger partial charge in [0.05, 0.1) is 17.9 Å². The molecule has 0 aliphatic rings. The fraction of sp³-hybridized carbons (Fsp3) is 0.600. The predicted molar refractivity (Wildman–Crippen MR) is 84.7 cm³/mol. The van der Waals surface area contributed by atoms with E-state index < -0.39 is 0 Å². The molecule has 21 heavy (non-hydrogen) atoms. The van der Waals surface area contributed by atoms with Gasteiger partial charge >= 0.3 is 0 Å². The molecule has 2 N–H and O–H groups in total. The number of carbonyl (C=O) groups is 1. The third-order valence-corrected chi connectivity index (χ3v) is 3.09. The highest BCUT2D eigenvalue weighted by atomic mass is 16.5. The minimum Gasteiger partial charge on any atom is -0.384 e. The summed E-state index contributed by atoms with van der Waals surface area (Å²) < 4.78 is 5.02. The molecule has 118 valence electrons. The number of methoxy groups -OCH3 is 1. The minimum absolute atomic E-state index is 0.0955. The molecule has 0 bridgehead atoms. The molecule has 1 aromatic rings. The molecule has 0 saturated heterocycles. The molecule has 0 aliphatic heterocycles. The van der Waals surface area contributed by atoms with Crippen molar-refractivity contribution < 1.29 is 9.53 Å². The van der Waals surface area contributed by atoms with Gasteiger partial charge in [-0.15, -0.1) is 0 Å². The smallest absolute Gasteiger partial charge is 0.254 e. The Kier molecular flexibility index (Phi) is 8.38. The molecule has 0 radical (unpaired) electrons. The van der Waals surface area contributed by atoms with Crippen LogP contribution in [0, 0.1) is 0 Å². The number of likely N-dealkylation sites (N-methyl/N-ethyl adjacent to an activating group) is 1. The highest BCUT2D eigenvalue weighted by Crippen LogP contribution is 2.13. The van der Waals surface area contributed by atoms with E-state index in [2.05, 4.69) is 27.4 Å². The molecule has 1 rings (SSSR count). The van der Waals surface area contributed by atoms with Crippen LogP contribution in [0.5, 0.6) is 0 Å². The third kappa shape index (κ3) is 6.55. The fourth-order valence-electron chi connectivity index (χ4n) is 1.80. The van der Waals surface area contributed by atoms with E-state index in [4.69, 9.17) is 4.74 Å². The highest BCUT2D eigenvalue weighted by Gasteiger charge is 2.10. The molecule has 0 unspecified atom stereocenters. The zero-order valence-corrected chi connectivity index (χ0v) is 13.2. The van der Waals surface area contributed by atoms with Crippen molar-refractivity contribution in [2.24, 2.45) is 0 Å². The summed E-state index contributed by atoms with van der Waals surface area (Å²) in [6.07, 6.45) is 4.29. The van der Waals surface area contributed by atoms with Crippen LogP contribution in [0.3, 0.4) is 0 Å². The van der Waals surface area contributed by atoms with Crippen molar-refractivity contribution in [2.45, 2.75) is 13.3 Å². The molecule has 1 aromatic heterocycles. The summed E-state index contributed by atoms with van der Waals surface area (Å²) >= 11 is 0. The molecule has 6 heteroatoms. The number of hydrogen-bond acceptors (Lipinski definition) is 5. The van der Waals surface area contributed by atoms with E-state index in [9.17, 15) is 4.79 Å². The number of carbonyl (C=O) groups excluding carboxylic acids is 1. The molecule has 6 nitrogen and oxygen atoms in total. The van der Waals surface area contributed by atoms with Crippen LogP contribution in [0.25, 0.3) is 0 Å². The van der Waals surface area contributed by atoms with E-state index in [0.29, 0.717) is 18.7 Å². The average molecular weight is 294 g/mol. The van der Waals surface area contributed by atoms with Gasteiger partial charge in [-0.1, -0.05) is 6.92 Å². The Morgan fingerprint density at radius 3 is 2.90 bits per heavy atom. The molecule has 0 aromatic carbocycles. The molecular weight excluding hydrogens is 268 g/mol. The van der Waals surface area contributed by atoms with Crippen molar-refractivity contribution in [3.63, 3.8) is 0 Å². The number of hydrogen-bond donors (Lipinski definition) is 2. The zero-order valence-electron chi connectivity index (χ0n) is 13.2. The van der Waals surface area contributed by atoms with Crippen LogP contribution >= 0.6 is 0 Å². The number of nitrogens with zero attached hydrogens (tertiary/aromatic N) is 2. The molecule has 0 aliphatic carbocycles. The summed E-state index contributed by atoms with van der Waals surface area (Å²) in [6.45, 7) is 5.85. The van der Waals surface area contributed by atoms with Gasteiger partial charge < -0.3 is 20.3 Å². The molecule has 1 heterocycles. The number of ether oxygens (including phenoxy) is 1. The van der Waals surface area contributed by atoms with Gasteiger partial charge in [0.15, 0.2) is 0 Å². The van der Waals surface area contributed by atoms with Gasteiger partial charge in [-0.3, -0.25) is 9.78 Å². The van der Waals surface area contributed by atoms with E-state index >= 15 is 0 Å². The topological polar surface area (TPSA) is 66.5 Å². The number of anilines is 1. The lowest BCUT2D eigenvalue weighted by atomic mass is 10.2. The van der Waals surface area contributed by atoms with E-state index in [1.54, 1.807) is 19.5 Å². The quantitative estimate of drug-likeness (QED) is 0.679. The second-order valence-electron chi connectivity index (χ2n) is 4.90. The number of aromatic nitrogens is 1. The van der Waals surface area contributed by atoms with Crippen LogP contribution in [-0.4, -0.2) is 62.7 Å². The maximum atomic E-state index is 12.2. The van der Waals surface area contributed by atoms with Crippen molar-refractivity contribution in [1.29, 1.82) is 0 Å². The summed E-state index contributed by atoms with van der Waals surface area (Å²) in [5.41, 5.74) is 1.42. The summed E-state index contributed by atoms with van der Waals surface area (Å²) in [7, 11) is 3.69. The Bertz CT molecular complexity index is 426. The number of pyridine rings is 1. The average Bonchev–Trinajstić information content (AvgIpc) is 2.51.